The summed E-state index contributed by atoms with van der Waals surface area (Å²) in [4.78, 5) is 0. The molecule has 0 bridgehead atoms. The van der Waals surface area contributed by atoms with Crippen LogP contribution in [0.3, 0.4) is 0 Å². The molecule has 1 atom stereocenters. The Labute approximate surface area is 95.0 Å². The maximum Gasteiger partial charge on any atom is -0.00227 e. The van der Waals surface area contributed by atoms with E-state index in [1.54, 1.807) is 0 Å². The topological polar surface area (TPSA) is 38.0 Å². The normalized spacial score (nSPS) is 20.4. The van der Waals surface area contributed by atoms with Crippen LogP contribution in [-0.4, -0.2) is 19.6 Å². The molecule has 90 valence electrons. The van der Waals surface area contributed by atoms with Crippen LogP contribution in [0.15, 0.2) is 0 Å². The molecule has 0 radical (unpaired) electrons. The number of nitrogens with one attached hydrogen (secondary N) is 1. The first-order valence-corrected chi connectivity index (χ1v) is 6.73. The molecule has 1 rings (SSSR count). The van der Waals surface area contributed by atoms with Crippen molar-refractivity contribution in [2.75, 3.05) is 19.6 Å². The Morgan fingerprint density at radius 3 is 2.67 bits per heavy atom. The van der Waals surface area contributed by atoms with E-state index in [0.29, 0.717) is 0 Å². The monoisotopic (exact) mass is 212 g/mol. The van der Waals surface area contributed by atoms with Gasteiger partial charge >= 0.3 is 0 Å². The van der Waals surface area contributed by atoms with Crippen LogP contribution >= 0.6 is 0 Å². The first-order chi connectivity index (χ1) is 7.33. The number of nitrogens with two attached hydrogens (primary N) is 1. The molecule has 0 aromatic carbocycles. The molecule has 2 heteroatoms. The second kappa shape index (κ2) is 8.12. The third kappa shape index (κ3) is 6.16. The maximum atomic E-state index is 5.52. The van der Waals surface area contributed by atoms with E-state index >= 15 is 0 Å². The van der Waals surface area contributed by atoms with Gasteiger partial charge in [0.1, 0.15) is 0 Å². The summed E-state index contributed by atoms with van der Waals surface area (Å²) < 4.78 is 0. The molecule has 3 N–H and O–H groups in total. The molecule has 15 heavy (non-hydrogen) atoms. The van der Waals surface area contributed by atoms with Gasteiger partial charge in [-0.2, -0.15) is 0 Å². The summed E-state index contributed by atoms with van der Waals surface area (Å²) >= 11 is 0. The fraction of sp³-hybridized carbons (Fsp3) is 1.00. The molecule has 1 aliphatic rings. The van der Waals surface area contributed by atoms with Gasteiger partial charge in [0, 0.05) is 0 Å². The zero-order valence-corrected chi connectivity index (χ0v) is 10.3. The van der Waals surface area contributed by atoms with Crippen LogP contribution in [0.4, 0.5) is 0 Å². The van der Waals surface area contributed by atoms with Gasteiger partial charge < -0.3 is 11.1 Å². The molecule has 1 saturated carbocycles. The Morgan fingerprint density at radius 1 is 1.27 bits per heavy atom. The first-order valence-electron chi connectivity index (χ1n) is 6.73. The standard InChI is InChI=1S/C13H28N2/c1-12(7-9-14)11-15-10-8-13-5-3-2-4-6-13/h12-13,15H,2-11,14H2,1H3. The van der Waals surface area contributed by atoms with Gasteiger partial charge in [-0.05, 0) is 44.3 Å². The van der Waals surface area contributed by atoms with Crippen LogP contribution < -0.4 is 11.1 Å². The maximum absolute atomic E-state index is 5.52. The zero-order valence-electron chi connectivity index (χ0n) is 10.3. The van der Waals surface area contributed by atoms with Crippen LogP contribution in [0.25, 0.3) is 0 Å². The van der Waals surface area contributed by atoms with E-state index in [9.17, 15) is 0 Å². The van der Waals surface area contributed by atoms with Crippen LogP contribution in [0, 0.1) is 11.8 Å². The largest absolute Gasteiger partial charge is 0.330 e. The van der Waals surface area contributed by atoms with Crippen molar-refractivity contribution >= 4 is 0 Å². The van der Waals surface area contributed by atoms with E-state index in [1.165, 1.54) is 45.1 Å². The summed E-state index contributed by atoms with van der Waals surface area (Å²) in [6.45, 7) is 5.45. The van der Waals surface area contributed by atoms with Crippen LogP contribution in [0.1, 0.15) is 51.9 Å². The molecular formula is C13H28N2. The lowest BCUT2D eigenvalue weighted by atomic mass is 9.87. The average Bonchev–Trinajstić information content (AvgIpc) is 2.26. The van der Waals surface area contributed by atoms with Crippen LogP contribution in [0.2, 0.25) is 0 Å². The highest BCUT2D eigenvalue weighted by atomic mass is 14.9. The molecule has 0 amide bonds. The summed E-state index contributed by atoms with van der Waals surface area (Å²) in [6.07, 6.45) is 9.88. The molecule has 0 saturated heterocycles. The van der Waals surface area contributed by atoms with E-state index in [0.717, 1.165) is 31.3 Å². The number of hydrogen-bond acceptors (Lipinski definition) is 2. The Bertz CT molecular complexity index is 141. The highest BCUT2D eigenvalue weighted by Gasteiger charge is 2.12. The minimum Gasteiger partial charge on any atom is -0.330 e. The van der Waals surface area contributed by atoms with E-state index in [2.05, 4.69) is 12.2 Å². The van der Waals surface area contributed by atoms with E-state index in [1.807, 2.05) is 0 Å². The van der Waals surface area contributed by atoms with Crippen LogP contribution in [-0.2, 0) is 0 Å². The molecule has 1 fully saturated rings. The quantitative estimate of drug-likeness (QED) is 0.636. The Morgan fingerprint density at radius 2 is 2.00 bits per heavy atom. The fourth-order valence-corrected chi connectivity index (χ4v) is 2.52. The Hall–Kier alpha value is -0.0800. The second-order valence-corrected chi connectivity index (χ2v) is 5.18. The average molecular weight is 212 g/mol. The molecule has 1 aliphatic carbocycles. The fourth-order valence-electron chi connectivity index (χ4n) is 2.52. The van der Waals surface area contributed by atoms with Crippen molar-refractivity contribution < 1.29 is 0 Å². The lowest BCUT2D eigenvalue weighted by Gasteiger charge is -2.21. The van der Waals surface area contributed by atoms with Crippen molar-refractivity contribution in [1.29, 1.82) is 0 Å². The second-order valence-electron chi connectivity index (χ2n) is 5.18. The van der Waals surface area contributed by atoms with Crippen molar-refractivity contribution in [3.63, 3.8) is 0 Å². The van der Waals surface area contributed by atoms with Crippen molar-refractivity contribution in [2.45, 2.75) is 51.9 Å². The molecule has 0 aromatic heterocycles. The van der Waals surface area contributed by atoms with Gasteiger partial charge in [0.05, 0.1) is 0 Å². The predicted octanol–water partition coefficient (Wildman–Crippen LogP) is 2.53. The first kappa shape index (κ1) is 13.0. The van der Waals surface area contributed by atoms with Gasteiger partial charge in [-0.15, -0.1) is 0 Å². The number of hydrogen-bond donors (Lipinski definition) is 2. The highest BCUT2D eigenvalue weighted by molar-refractivity contribution is 4.67. The third-order valence-electron chi connectivity index (χ3n) is 3.61. The van der Waals surface area contributed by atoms with Gasteiger partial charge in [0.25, 0.3) is 0 Å². The summed E-state index contributed by atoms with van der Waals surface area (Å²) in [5.74, 6) is 1.75. The minimum atomic E-state index is 0.737. The smallest absolute Gasteiger partial charge is 0.00227 e. The van der Waals surface area contributed by atoms with Crippen LogP contribution in [0.5, 0.6) is 0 Å². The zero-order chi connectivity index (χ0) is 10.9. The Balaban J connectivity index is 1.91. The van der Waals surface area contributed by atoms with E-state index in [-0.39, 0.29) is 0 Å². The molecule has 0 aliphatic heterocycles. The molecule has 1 unspecified atom stereocenters. The van der Waals surface area contributed by atoms with Gasteiger partial charge in [-0.1, -0.05) is 39.0 Å². The molecule has 0 aromatic rings. The molecule has 2 nitrogen and oxygen atoms in total. The van der Waals surface area contributed by atoms with Crippen molar-refractivity contribution in [3.05, 3.63) is 0 Å². The summed E-state index contributed by atoms with van der Waals surface area (Å²) in [5.41, 5.74) is 5.52. The third-order valence-corrected chi connectivity index (χ3v) is 3.61. The lowest BCUT2D eigenvalue weighted by molar-refractivity contribution is 0.330. The van der Waals surface area contributed by atoms with Gasteiger partial charge in [0.2, 0.25) is 0 Å². The molecule has 0 heterocycles. The van der Waals surface area contributed by atoms with Gasteiger partial charge in [0.15, 0.2) is 0 Å². The van der Waals surface area contributed by atoms with E-state index in [4.69, 9.17) is 5.73 Å². The minimum absolute atomic E-state index is 0.737. The summed E-state index contributed by atoms with van der Waals surface area (Å²) in [6, 6.07) is 0. The van der Waals surface area contributed by atoms with Gasteiger partial charge in [-0.3, -0.25) is 0 Å². The molecular weight excluding hydrogens is 184 g/mol. The highest BCUT2D eigenvalue weighted by Crippen LogP contribution is 2.25. The SMILES string of the molecule is CC(CCN)CNCCC1CCCCC1. The lowest BCUT2D eigenvalue weighted by Crippen LogP contribution is -2.25. The van der Waals surface area contributed by atoms with Crippen molar-refractivity contribution in [2.24, 2.45) is 17.6 Å². The van der Waals surface area contributed by atoms with Crippen molar-refractivity contribution in [3.8, 4) is 0 Å². The van der Waals surface area contributed by atoms with E-state index < -0.39 is 0 Å². The summed E-state index contributed by atoms with van der Waals surface area (Å²) in [7, 11) is 0. The summed E-state index contributed by atoms with van der Waals surface area (Å²) in [5, 5.41) is 3.56. The van der Waals surface area contributed by atoms with Gasteiger partial charge in [-0.25, -0.2) is 0 Å². The van der Waals surface area contributed by atoms with Crippen molar-refractivity contribution in [1.82, 2.24) is 5.32 Å². The Kier molecular flexibility index (Phi) is 7.03. The molecule has 0 spiro atoms. The predicted molar refractivity (Wildman–Crippen MR) is 66.9 cm³/mol. The number of rotatable bonds is 7.